The van der Waals surface area contributed by atoms with Crippen LogP contribution in [0, 0.1) is 0 Å². The lowest BCUT2D eigenvalue weighted by atomic mass is 10.1. The monoisotopic (exact) mass is 257 g/mol. The molecule has 1 aromatic carbocycles. The number of aromatic nitrogens is 2. The van der Waals surface area contributed by atoms with E-state index in [0.29, 0.717) is 5.75 Å². The van der Waals surface area contributed by atoms with Gasteiger partial charge in [-0.15, -0.1) is 0 Å². The van der Waals surface area contributed by atoms with Gasteiger partial charge in [0.2, 0.25) is 0 Å². The van der Waals surface area contributed by atoms with Crippen LogP contribution in [0.4, 0.5) is 5.82 Å². The highest BCUT2D eigenvalue weighted by molar-refractivity contribution is 5.72. The Bertz CT molecular complexity index is 555. The van der Waals surface area contributed by atoms with Crippen LogP contribution in [0.2, 0.25) is 0 Å². The molecule has 2 aromatic rings. The number of nitrogens with one attached hydrogen (secondary N) is 1. The average molecular weight is 257 g/mol. The van der Waals surface area contributed by atoms with E-state index in [1.165, 1.54) is 5.56 Å². The van der Waals surface area contributed by atoms with Crippen molar-refractivity contribution >= 4 is 5.82 Å². The van der Waals surface area contributed by atoms with Gasteiger partial charge in [-0.3, -0.25) is 0 Å². The normalized spacial score (nSPS) is 10.3. The first-order valence-electron chi connectivity index (χ1n) is 6.52. The summed E-state index contributed by atoms with van der Waals surface area (Å²) in [5, 5.41) is 3.19. The molecule has 0 aliphatic carbocycles. The van der Waals surface area contributed by atoms with Gasteiger partial charge in [0.25, 0.3) is 0 Å². The Kier molecular flexibility index (Phi) is 4.34. The summed E-state index contributed by atoms with van der Waals surface area (Å²) in [6.07, 6.45) is 2.57. The van der Waals surface area contributed by atoms with E-state index < -0.39 is 0 Å². The summed E-state index contributed by atoms with van der Waals surface area (Å²) < 4.78 is 5.47. The minimum Gasteiger partial charge on any atom is -0.491 e. The number of hydrogen-bond donors (Lipinski definition) is 1. The molecule has 2 rings (SSSR count). The molecular formula is C15H19N3O. The molecule has 4 nitrogen and oxygen atoms in total. The molecule has 0 radical (unpaired) electrons. The first kappa shape index (κ1) is 13.3. The van der Waals surface area contributed by atoms with Gasteiger partial charge in [-0.25, -0.2) is 9.97 Å². The minimum absolute atomic E-state index is 0.692. The molecule has 0 spiro atoms. The second-order valence-electron chi connectivity index (χ2n) is 4.19. The molecule has 1 aromatic heterocycles. The zero-order valence-corrected chi connectivity index (χ0v) is 11.6. The molecule has 0 bridgehead atoms. The number of hydrogen-bond acceptors (Lipinski definition) is 4. The van der Waals surface area contributed by atoms with Gasteiger partial charge in [0.05, 0.1) is 7.11 Å². The van der Waals surface area contributed by atoms with Gasteiger partial charge in [-0.2, -0.15) is 0 Å². The van der Waals surface area contributed by atoms with Gasteiger partial charge in [0.1, 0.15) is 12.0 Å². The maximum absolute atomic E-state index is 5.47. The number of ether oxygens (including phenoxy) is 1. The number of nitrogens with zero attached hydrogens (tertiary/aromatic N) is 2. The highest BCUT2D eigenvalue weighted by Gasteiger charge is 2.13. The summed E-state index contributed by atoms with van der Waals surface area (Å²) in [5.74, 6) is 1.43. The van der Waals surface area contributed by atoms with Crippen molar-refractivity contribution in [2.45, 2.75) is 20.3 Å². The first-order valence-corrected chi connectivity index (χ1v) is 6.52. The van der Waals surface area contributed by atoms with E-state index in [1.807, 2.05) is 19.1 Å². The van der Waals surface area contributed by atoms with E-state index in [2.05, 4.69) is 34.3 Å². The SMILES string of the molecule is CCNc1ncnc(-c2cccc(CC)c2)c1OC. The van der Waals surface area contributed by atoms with Gasteiger partial charge >= 0.3 is 0 Å². The molecule has 19 heavy (non-hydrogen) atoms. The second kappa shape index (κ2) is 6.18. The van der Waals surface area contributed by atoms with Crippen LogP contribution in [-0.4, -0.2) is 23.6 Å². The third kappa shape index (κ3) is 2.84. The van der Waals surface area contributed by atoms with Crippen LogP contribution in [0.1, 0.15) is 19.4 Å². The Morgan fingerprint density at radius 1 is 1.21 bits per heavy atom. The van der Waals surface area contributed by atoms with E-state index in [-0.39, 0.29) is 0 Å². The molecule has 0 saturated heterocycles. The molecule has 1 heterocycles. The van der Waals surface area contributed by atoms with Crippen LogP contribution < -0.4 is 10.1 Å². The molecule has 0 fully saturated rings. The fourth-order valence-corrected chi connectivity index (χ4v) is 2.00. The maximum atomic E-state index is 5.47. The summed E-state index contributed by atoms with van der Waals surface area (Å²) in [4.78, 5) is 8.58. The predicted octanol–water partition coefficient (Wildman–Crippen LogP) is 3.15. The molecule has 4 heteroatoms. The van der Waals surface area contributed by atoms with Crippen molar-refractivity contribution in [1.82, 2.24) is 9.97 Å². The van der Waals surface area contributed by atoms with E-state index in [4.69, 9.17) is 4.74 Å². The topological polar surface area (TPSA) is 47.0 Å². The third-order valence-electron chi connectivity index (χ3n) is 2.96. The molecule has 0 aliphatic rings. The lowest BCUT2D eigenvalue weighted by Gasteiger charge is -2.12. The van der Waals surface area contributed by atoms with Crippen molar-refractivity contribution in [3.8, 4) is 17.0 Å². The maximum Gasteiger partial charge on any atom is 0.187 e. The van der Waals surface area contributed by atoms with Crippen LogP contribution in [0.15, 0.2) is 30.6 Å². The van der Waals surface area contributed by atoms with Gasteiger partial charge < -0.3 is 10.1 Å². The Labute approximate surface area is 113 Å². The van der Waals surface area contributed by atoms with Crippen molar-refractivity contribution in [1.29, 1.82) is 0 Å². The Morgan fingerprint density at radius 3 is 2.74 bits per heavy atom. The van der Waals surface area contributed by atoms with E-state index >= 15 is 0 Å². The summed E-state index contributed by atoms with van der Waals surface area (Å²) in [6, 6.07) is 8.34. The molecule has 0 saturated carbocycles. The van der Waals surface area contributed by atoms with Gasteiger partial charge in [-0.1, -0.05) is 25.1 Å². The Morgan fingerprint density at radius 2 is 2.05 bits per heavy atom. The van der Waals surface area contributed by atoms with E-state index in [9.17, 15) is 0 Å². The van der Waals surface area contributed by atoms with Crippen LogP contribution in [0.3, 0.4) is 0 Å². The fourth-order valence-electron chi connectivity index (χ4n) is 2.00. The molecular weight excluding hydrogens is 238 g/mol. The highest BCUT2D eigenvalue weighted by atomic mass is 16.5. The summed E-state index contributed by atoms with van der Waals surface area (Å²) in [6.45, 7) is 4.96. The van der Waals surface area contributed by atoms with Crippen LogP contribution in [-0.2, 0) is 6.42 Å². The van der Waals surface area contributed by atoms with Crippen molar-refractivity contribution in [3.05, 3.63) is 36.2 Å². The average Bonchev–Trinajstić information content (AvgIpc) is 2.47. The van der Waals surface area contributed by atoms with Crippen LogP contribution in [0.25, 0.3) is 11.3 Å². The number of methoxy groups -OCH3 is 1. The van der Waals surface area contributed by atoms with Gasteiger partial charge in [0.15, 0.2) is 11.6 Å². The third-order valence-corrected chi connectivity index (χ3v) is 2.96. The van der Waals surface area contributed by atoms with Crippen molar-refractivity contribution < 1.29 is 4.74 Å². The molecule has 0 unspecified atom stereocenters. The summed E-state index contributed by atoms with van der Waals surface area (Å²) >= 11 is 0. The fraction of sp³-hybridized carbons (Fsp3) is 0.333. The van der Waals surface area contributed by atoms with Crippen molar-refractivity contribution in [2.24, 2.45) is 0 Å². The molecule has 100 valence electrons. The second-order valence-corrected chi connectivity index (χ2v) is 4.19. The Hall–Kier alpha value is -2.10. The number of anilines is 1. The molecule has 0 atom stereocenters. The summed E-state index contributed by atoms with van der Waals surface area (Å²) in [7, 11) is 1.65. The van der Waals surface area contributed by atoms with Gasteiger partial charge in [-0.05, 0) is 25.0 Å². The number of benzene rings is 1. The summed E-state index contributed by atoms with van der Waals surface area (Å²) in [5.41, 5.74) is 3.16. The standard InChI is InChI=1S/C15H19N3O/c1-4-11-7-6-8-12(9-11)13-14(19-3)15(16-5-2)18-10-17-13/h6-10H,4-5H2,1-3H3,(H,16,17,18). The zero-order valence-electron chi connectivity index (χ0n) is 11.6. The largest absolute Gasteiger partial charge is 0.491 e. The molecule has 0 amide bonds. The minimum atomic E-state index is 0.692. The van der Waals surface area contributed by atoms with Crippen molar-refractivity contribution in [3.63, 3.8) is 0 Å². The first-order chi connectivity index (χ1) is 9.30. The zero-order chi connectivity index (χ0) is 13.7. The molecule has 1 N–H and O–H groups in total. The smallest absolute Gasteiger partial charge is 0.187 e. The predicted molar refractivity (Wildman–Crippen MR) is 77.6 cm³/mol. The molecule has 0 aliphatic heterocycles. The quantitative estimate of drug-likeness (QED) is 0.893. The van der Waals surface area contributed by atoms with Crippen LogP contribution in [0.5, 0.6) is 5.75 Å². The number of aryl methyl sites for hydroxylation is 1. The Balaban J connectivity index is 2.51. The van der Waals surface area contributed by atoms with E-state index in [1.54, 1.807) is 13.4 Å². The van der Waals surface area contributed by atoms with E-state index in [0.717, 1.165) is 30.0 Å². The highest BCUT2D eigenvalue weighted by Crippen LogP contribution is 2.33. The lowest BCUT2D eigenvalue weighted by Crippen LogP contribution is -2.04. The van der Waals surface area contributed by atoms with Crippen molar-refractivity contribution in [2.75, 3.05) is 19.0 Å². The van der Waals surface area contributed by atoms with Crippen LogP contribution >= 0.6 is 0 Å². The van der Waals surface area contributed by atoms with Gasteiger partial charge in [0, 0.05) is 12.1 Å². The number of rotatable bonds is 5. The lowest BCUT2D eigenvalue weighted by molar-refractivity contribution is 0.414.